The van der Waals surface area contributed by atoms with E-state index >= 15 is 0 Å². The Morgan fingerprint density at radius 2 is 1.68 bits per heavy atom. The second kappa shape index (κ2) is 10.3. The van der Waals surface area contributed by atoms with Gasteiger partial charge in [0.2, 0.25) is 11.8 Å². The van der Waals surface area contributed by atoms with Crippen LogP contribution in [-0.4, -0.2) is 49.4 Å². The average Bonchev–Trinajstić information content (AvgIpc) is 3.07. The van der Waals surface area contributed by atoms with E-state index in [1.807, 2.05) is 58.0 Å². The van der Waals surface area contributed by atoms with Crippen LogP contribution in [0.1, 0.15) is 44.7 Å². The Labute approximate surface area is 201 Å². The van der Waals surface area contributed by atoms with Gasteiger partial charge < -0.3 is 14.4 Å². The molecule has 0 bridgehead atoms. The van der Waals surface area contributed by atoms with Gasteiger partial charge in [0.05, 0.1) is 26.3 Å². The molecule has 7 heteroatoms. The van der Waals surface area contributed by atoms with E-state index < -0.39 is 6.04 Å². The van der Waals surface area contributed by atoms with Crippen molar-refractivity contribution in [3.8, 4) is 11.5 Å². The molecular weight excluding hydrogens is 432 g/mol. The van der Waals surface area contributed by atoms with Gasteiger partial charge in [-0.15, -0.1) is 0 Å². The molecule has 2 aromatic rings. The van der Waals surface area contributed by atoms with E-state index in [-0.39, 0.29) is 36.0 Å². The number of nitrogens with zero attached hydrogens (tertiary/aromatic N) is 2. The minimum absolute atomic E-state index is 0.0193. The molecule has 7 nitrogen and oxygen atoms in total. The zero-order valence-electron chi connectivity index (χ0n) is 20.9. The second-order valence-corrected chi connectivity index (χ2v) is 9.89. The van der Waals surface area contributed by atoms with Gasteiger partial charge in [-0.3, -0.25) is 14.4 Å². The summed E-state index contributed by atoms with van der Waals surface area (Å²) in [4.78, 5) is 42.4. The fourth-order valence-corrected chi connectivity index (χ4v) is 4.12. The molecule has 1 fully saturated rings. The first-order valence-corrected chi connectivity index (χ1v) is 11.5. The molecule has 1 unspecified atom stereocenters. The van der Waals surface area contributed by atoms with Crippen molar-refractivity contribution in [2.45, 2.75) is 53.0 Å². The summed E-state index contributed by atoms with van der Waals surface area (Å²) in [5, 5.41) is 0. The van der Waals surface area contributed by atoms with Crippen LogP contribution in [0.2, 0.25) is 0 Å². The van der Waals surface area contributed by atoms with E-state index in [0.29, 0.717) is 30.2 Å². The molecule has 0 N–H and O–H groups in total. The highest BCUT2D eigenvalue weighted by molar-refractivity contribution is 6.23. The van der Waals surface area contributed by atoms with Gasteiger partial charge in [-0.2, -0.15) is 0 Å². The highest BCUT2D eigenvalue weighted by Gasteiger charge is 2.44. The van der Waals surface area contributed by atoms with E-state index in [1.165, 1.54) is 4.90 Å². The number of hydrogen-bond acceptors (Lipinski definition) is 5. The van der Waals surface area contributed by atoms with Crippen molar-refractivity contribution in [2.24, 2.45) is 5.41 Å². The number of carbonyl (C=O) groups is 3. The first-order chi connectivity index (χ1) is 16.0. The summed E-state index contributed by atoms with van der Waals surface area (Å²) in [5.74, 6) is 0.439. The fraction of sp³-hybridized carbons (Fsp3) is 0.444. The lowest BCUT2D eigenvalue weighted by Gasteiger charge is -2.30. The fourth-order valence-electron chi connectivity index (χ4n) is 4.12. The Kier molecular flexibility index (Phi) is 7.64. The lowest BCUT2D eigenvalue weighted by Crippen LogP contribution is -2.47. The van der Waals surface area contributed by atoms with Gasteiger partial charge in [0, 0.05) is 13.0 Å². The molecule has 3 amide bonds. The molecule has 0 saturated carbocycles. The van der Waals surface area contributed by atoms with Gasteiger partial charge in [-0.1, -0.05) is 44.5 Å². The SMILES string of the molecule is COc1ccc(CCN(C(=O)CC(C)(C)C)C2CC(=O)N(c3ccc(C)cc3)C2=O)cc1OC. The molecule has 1 aliphatic heterocycles. The predicted molar refractivity (Wildman–Crippen MR) is 131 cm³/mol. The minimum atomic E-state index is -0.816. The summed E-state index contributed by atoms with van der Waals surface area (Å²) in [6, 6.07) is 12.0. The number of rotatable bonds is 8. The van der Waals surface area contributed by atoms with Crippen molar-refractivity contribution in [3.63, 3.8) is 0 Å². The van der Waals surface area contributed by atoms with Crippen LogP contribution in [0.3, 0.4) is 0 Å². The lowest BCUT2D eigenvalue weighted by atomic mass is 9.91. The molecule has 1 aliphatic rings. The van der Waals surface area contributed by atoms with E-state index in [9.17, 15) is 14.4 Å². The number of hydrogen-bond donors (Lipinski definition) is 0. The van der Waals surface area contributed by atoms with Crippen LogP contribution in [0, 0.1) is 12.3 Å². The lowest BCUT2D eigenvalue weighted by molar-refractivity contribution is -0.139. The van der Waals surface area contributed by atoms with Crippen molar-refractivity contribution in [3.05, 3.63) is 53.6 Å². The van der Waals surface area contributed by atoms with Gasteiger partial charge in [-0.05, 0) is 48.6 Å². The van der Waals surface area contributed by atoms with Gasteiger partial charge in [0.25, 0.3) is 5.91 Å². The normalized spacial score (nSPS) is 16.1. The molecule has 0 aromatic heterocycles. The number of imide groups is 1. The molecular formula is C27H34N2O5. The summed E-state index contributed by atoms with van der Waals surface area (Å²) < 4.78 is 10.7. The Morgan fingerprint density at radius 3 is 2.26 bits per heavy atom. The summed E-state index contributed by atoms with van der Waals surface area (Å²) in [5.41, 5.74) is 2.27. The van der Waals surface area contributed by atoms with Crippen LogP contribution in [0.15, 0.2) is 42.5 Å². The van der Waals surface area contributed by atoms with Crippen LogP contribution >= 0.6 is 0 Å². The molecule has 3 rings (SSSR count). The first-order valence-electron chi connectivity index (χ1n) is 11.5. The molecule has 1 heterocycles. The highest BCUT2D eigenvalue weighted by atomic mass is 16.5. The van der Waals surface area contributed by atoms with Gasteiger partial charge in [0.1, 0.15) is 6.04 Å². The standard InChI is InChI=1S/C27H34N2O5/c1-18-7-10-20(11-8-18)29-24(30)16-21(26(29)32)28(25(31)17-27(2,3)4)14-13-19-9-12-22(33-5)23(15-19)34-6/h7-12,15,21H,13-14,16-17H2,1-6H3. The molecule has 2 aromatic carbocycles. The number of carbonyl (C=O) groups excluding carboxylic acids is 3. The maximum atomic E-state index is 13.4. The molecule has 1 saturated heterocycles. The summed E-state index contributed by atoms with van der Waals surface area (Å²) in [7, 11) is 3.15. The molecule has 0 spiro atoms. The Balaban J connectivity index is 1.86. The van der Waals surface area contributed by atoms with E-state index in [0.717, 1.165) is 11.1 Å². The molecule has 0 radical (unpaired) electrons. The van der Waals surface area contributed by atoms with E-state index in [2.05, 4.69) is 0 Å². The van der Waals surface area contributed by atoms with Crippen LogP contribution in [0.25, 0.3) is 0 Å². The quantitative estimate of drug-likeness (QED) is 0.546. The summed E-state index contributed by atoms with van der Waals surface area (Å²) in [6.07, 6.45) is 0.773. The van der Waals surface area contributed by atoms with Crippen LogP contribution in [0.5, 0.6) is 11.5 Å². The van der Waals surface area contributed by atoms with Crippen molar-refractivity contribution in [1.29, 1.82) is 0 Å². The Morgan fingerprint density at radius 1 is 1.03 bits per heavy atom. The van der Waals surface area contributed by atoms with Crippen LogP contribution in [-0.2, 0) is 20.8 Å². The molecule has 0 aliphatic carbocycles. The largest absolute Gasteiger partial charge is 0.493 e. The van der Waals surface area contributed by atoms with E-state index in [1.54, 1.807) is 31.3 Å². The summed E-state index contributed by atoms with van der Waals surface area (Å²) >= 11 is 0. The number of amides is 3. The molecule has 182 valence electrons. The number of benzene rings is 2. The first kappa shape index (κ1) is 25.3. The Bertz CT molecular complexity index is 1060. The summed E-state index contributed by atoms with van der Waals surface area (Å²) in [6.45, 7) is 8.21. The topological polar surface area (TPSA) is 76.2 Å². The number of methoxy groups -OCH3 is 2. The maximum Gasteiger partial charge on any atom is 0.257 e. The van der Waals surface area contributed by atoms with E-state index in [4.69, 9.17) is 9.47 Å². The maximum absolute atomic E-state index is 13.4. The molecule has 34 heavy (non-hydrogen) atoms. The van der Waals surface area contributed by atoms with Gasteiger partial charge >= 0.3 is 0 Å². The van der Waals surface area contributed by atoms with Crippen molar-refractivity contribution >= 4 is 23.4 Å². The smallest absolute Gasteiger partial charge is 0.257 e. The highest BCUT2D eigenvalue weighted by Crippen LogP contribution is 2.30. The average molecular weight is 467 g/mol. The van der Waals surface area contributed by atoms with Crippen molar-refractivity contribution in [2.75, 3.05) is 25.7 Å². The Hall–Kier alpha value is -3.35. The number of aryl methyl sites for hydroxylation is 1. The number of anilines is 1. The zero-order valence-corrected chi connectivity index (χ0v) is 20.9. The van der Waals surface area contributed by atoms with Crippen molar-refractivity contribution < 1.29 is 23.9 Å². The third kappa shape index (κ3) is 5.76. The monoisotopic (exact) mass is 466 g/mol. The van der Waals surface area contributed by atoms with Crippen LogP contribution < -0.4 is 14.4 Å². The third-order valence-corrected chi connectivity index (χ3v) is 5.88. The third-order valence-electron chi connectivity index (χ3n) is 5.88. The van der Waals surface area contributed by atoms with Gasteiger partial charge in [-0.25, -0.2) is 4.90 Å². The van der Waals surface area contributed by atoms with Gasteiger partial charge in [0.15, 0.2) is 11.5 Å². The minimum Gasteiger partial charge on any atom is -0.493 e. The second-order valence-electron chi connectivity index (χ2n) is 9.89. The van der Waals surface area contributed by atoms with Crippen molar-refractivity contribution in [1.82, 2.24) is 4.90 Å². The zero-order chi connectivity index (χ0) is 25.0. The van der Waals surface area contributed by atoms with Crippen LogP contribution in [0.4, 0.5) is 5.69 Å². The predicted octanol–water partition coefficient (Wildman–Crippen LogP) is 4.15. The number of ether oxygens (including phenoxy) is 2. The molecule has 1 atom stereocenters.